The highest BCUT2D eigenvalue weighted by atomic mass is 35.5. The minimum Gasteiger partial charge on any atom is -0.364 e. The number of hydrogen-bond donors (Lipinski definition) is 1. The van der Waals surface area contributed by atoms with E-state index < -0.39 is 5.91 Å². The van der Waals surface area contributed by atoms with Gasteiger partial charge in [-0.25, -0.2) is 4.98 Å². The summed E-state index contributed by atoms with van der Waals surface area (Å²) in [5, 5.41) is 5.97. The molecule has 0 radical (unpaired) electrons. The number of thioether (sulfide) groups is 1. The third kappa shape index (κ3) is 3.84. The summed E-state index contributed by atoms with van der Waals surface area (Å²) in [6, 6.07) is 8.94. The van der Waals surface area contributed by atoms with E-state index in [1.54, 1.807) is 46.8 Å². The van der Waals surface area contributed by atoms with E-state index in [0.29, 0.717) is 26.9 Å². The van der Waals surface area contributed by atoms with Crippen LogP contribution in [0.3, 0.4) is 0 Å². The minimum atomic E-state index is -0.632. The van der Waals surface area contributed by atoms with Gasteiger partial charge in [0, 0.05) is 53.0 Å². The number of imidazole rings is 1. The van der Waals surface area contributed by atoms with Crippen LogP contribution < -0.4 is 5.73 Å². The lowest BCUT2D eigenvalue weighted by Crippen LogP contribution is -2.15. The Morgan fingerprint density at radius 3 is 2.67 bits per heavy atom. The lowest BCUT2D eigenvalue weighted by Gasteiger charge is -2.06. The first-order chi connectivity index (χ1) is 16.0. The third-order valence-electron chi connectivity index (χ3n) is 5.38. The number of fused-ring (bicyclic) bond motifs is 3. The average molecular weight is 497 g/mol. The molecule has 166 valence electrons. The van der Waals surface area contributed by atoms with E-state index in [0.717, 1.165) is 34.3 Å². The van der Waals surface area contributed by atoms with Gasteiger partial charge in [-0.05, 0) is 30.5 Å². The zero-order valence-corrected chi connectivity index (χ0v) is 19.8. The zero-order chi connectivity index (χ0) is 23.1. The molecule has 7 nitrogen and oxygen atoms in total. The van der Waals surface area contributed by atoms with Gasteiger partial charge in [-0.15, -0.1) is 0 Å². The van der Waals surface area contributed by atoms with Crippen molar-refractivity contribution >= 4 is 57.4 Å². The lowest BCUT2D eigenvalue weighted by molar-refractivity contribution is 0.0995. The van der Waals surface area contributed by atoms with Crippen LogP contribution in [0.25, 0.3) is 38.9 Å². The Hall–Kier alpha value is -3.07. The maximum absolute atomic E-state index is 12.5. The predicted molar refractivity (Wildman–Crippen MR) is 134 cm³/mol. The van der Waals surface area contributed by atoms with Gasteiger partial charge in [-0.2, -0.15) is 16.9 Å². The molecule has 0 saturated carbocycles. The highest BCUT2D eigenvalue weighted by Crippen LogP contribution is 2.37. The fourth-order valence-corrected chi connectivity index (χ4v) is 4.76. The summed E-state index contributed by atoms with van der Waals surface area (Å²) < 4.78 is 3.57. The summed E-state index contributed by atoms with van der Waals surface area (Å²) in [5.74, 6) is 0.349. The van der Waals surface area contributed by atoms with Crippen molar-refractivity contribution in [2.75, 3.05) is 12.0 Å². The molecule has 0 unspecified atom stereocenters. The van der Waals surface area contributed by atoms with Crippen LogP contribution in [0.4, 0.5) is 0 Å². The normalized spacial score (nSPS) is 11.5. The van der Waals surface area contributed by atoms with Crippen LogP contribution in [0.1, 0.15) is 10.5 Å². The highest BCUT2D eigenvalue weighted by molar-refractivity contribution is 7.98. The van der Waals surface area contributed by atoms with Crippen molar-refractivity contribution in [1.82, 2.24) is 24.1 Å². The van der Waals surface area contributed by atoms with Crippen molar-refractivity contribution in [2.24, 2.45) is 5.73 Å². The number of rotatable bonds is 6. The Morgan fingerprint density at radius 1 is 1.15 bits per heavy atom. The molecule has 10 heteroatoms. The molecule has 4 heterocycles. The van der Waals surface area contributed by atoms with Crippen molar-refractivity contribution in [3.63, 3.8) is 0 Å². The van der Waals surface area contributed by atoms with Crippen molar-refractivity contribution in [3.8, 4) is 22.4 Å². The minimum absolute atomic E-state index is 0.206. The summed E-state index contributed by atoms with van der Waals surface area (Å²) in [5.41, 5.74) is 9.88. The number of carbonyl (C=O) groups is 1. The molecule has 2 N–H and O–H groups in total. The fraction of sp³-hybridized carbons (Fsp3) is 0.130. The number of nitrogens with zero attached hydrogens (tertiary/aromatic N) is 5. The number of halogens is 2. The molecule has 0 bridgehead atoms. The molecule has 5 aromatic rings. The molecule has 0 atom stereocenters. The summed E-state index contributed by atoms with van der Waals surface area (Å²) in [4.78, 5) is 21.8. The number of aromatic nitrogens is 5. The number of hydrogen-bond acceptors (Lipinski definition) is 5. The van der Waals surface area contributed by atoms with E-state index in [-0.39, 0.29) is 5.69 Å². The van der Waals surface area contributed by atoms with Crippen LogP contribution in [-0.2, 0) is 6.54 Å². The molecule has 4 aromatic heterocycles. The van der Waals surface area contributed by atoms with Crippen LogP contribution in [0.15, 0.2) is 55.1 Å². The molecule has 0 fully saturated rings. The van der Waals surface area contributed by atoms with Gasteiger partial charge in [0.25, 0.3) is 5.91 Å². The molecule has 0 spiro atoms. The SMILES string of the molecule is CSCCn1cc(-c2cnc3ccn4c(C(N)=O)c(-c5c(Cl)cccc5Cl)nc4c3c2)cn1. The van der Waals surface area contributed by atoms with Crippen molar-refractivity contribution in [2.45, 2.75) is 6.54 Å². The zero-order valence-electron chi connectivity index (χ0n) is 17.5. The summed E-state index contributed by atoms with van der Waals surface area (Å²) in [7, 11) is 0. The van der Waals surface area contributed by atoms with E-state index in [1.807, 2.05) is 29.2 Å². The Balaban J connectivity index is 1.73. The second-order valence-electron chi connectivity index (χ2n) is 7.42. The first-order valence-electron chi connectivity index (χ1n) is 10.0. The van der Waals surface area contributed by atoms with E-state index in [2.05, 4.69) is 16.3 Å². The van der Waals surface area contributed by atoms with Crippen LogP contribution in [0.5, 0.6) is 0 Å². The molecule has 0 aliphatic carbocycles. The predicted octanol–water partition coefficient (Wildman–Crippen LogP) is 5.18. The first-order valence-corrected chi connectivity index (χ1v) is 12.2. The highest BCUT2D eigenvalue weighted by Gasteiger charge is 2.23. The topological polar surface area (TPSA) is 91.1 Å². The fourth-order valence-electron chi connectivity index (χ4n) is 3.81. The quantitative estimate of drug-likeness (QED) is 0.349. The number of amides is 1. The van der Waals surface area contributed by atoms with Crippen LogP contribution in [0.2, 0.25) is 10.0 Å². The molecule has 5 rings (SSSR count). The molecule has 33 heavy (non-hydrogen) atoms. The lowest BCUT2D eigenvalue weighted by atomic mass is 10.1. The smallest absolute Gasteiger partial charge is 0.268 e. The van der Waals surface area contributed by atoms with Gasteiger partial charge in [0.1, 0.15) is 17.0 Å². The van der Waals surface area contributed by atoms with Gasteiger partial charge >= 0.3 is 0 Å². The first kappa shape index (κ1) is 21.8. The van der Waals surface area contributed by atoms with Gasteiger partial charge in [-0.3, -0.25) is 18.9 Å². The van der Waals surface area contributed by atoms with Crippen molar-refractivity contribution in [1.29, 1.82) is 0 Å². The maximum Gasteiger partial charge on any atom is 0.268 e. The number of primary amides is 1. The number of pyridine rings is 2. The molecule has 0 saturated heterocycles. The average Bonchev–Trinajstić information content (AvgIpc) is 3.42. The maximum atomic E-state index is 12.5. The number of benzene rings is 1. The van der Waals surface area contributed by atoms with Gasteiger partial charge in [0.05, 0.1) is 21.8 Å². The van der Waals surface area contributed by atoms with E-state index in [9.17, 15) is 4.79 Å². The van der Waals surface area contributed by atoms with Gasteiger partial charge in [0.2, 0.25) is 0 Å². The van der Waals surface area contributed by atoms with Crippen LogP contribution >= 0.6 is 35.0 Å². The largest absolute Gasteiger partial charge is 0.364 e. The summed E-state index contributed by atoms with van der Waals surface area (Å²) in [6.07, 6.45) is 9.41. The number of carbonyl (C=O) groups excluding carboxylic acids is 1. The Labute approximate surface area is 203 Å². The Kier molecular flexibility index (Phi) is 5.74. The number of nitrogens with two attached hydrogens (primary N) is 1. The summed E-state index contributed by atoms with van der Waals surface area (Å²) in [6.45, 7) is 0.830. The molecule has 0 aliphatic heterocycles. The van der Waals surface area contributed by atoms with E-state index in [1.165, 1.54) is 0 Å². The van der Waals surface area contributed by atoms with Gasteiger partial charge in [-0.1, -0.05) is 29.3 Å². The Morgan fingerprint density at radius 2 is 1.94 bits per heavy atom. The van der Waals surface area contributed by atoms with Crippen LogP contribution in [-0.4, -0.2) is 42.1 Å². The van der Waals surface area contributed by atoms with Crippen LogP contribution in [0, 0.1) is 0 Å². The van der Waals surface area contributed by atoms with E-state index in [4.69, 9.17) is 33.9 Å². The number of aryl methyl sites for hydroxylation is 1. The second kappa shape index (κ2) is 8.70. The third-order valence-corrected chi connectivity index (χ3v) is 6.60. The molecule has 1 aromatic carbocycles. The van der Waals surface area contributed by atoms with Crippen molar-refractivity contribution in [3.05, 3.63) is 70.9 Å². The molecular weight excluding hydrogens is 479 g/mol. The standard InChI is InChI=1S/C23H18Cl2N6OS/c1-33-8-7-30-12-14(11-28-30)13-9-15-18(27-10-13)5-6-31-21(22(26)32)20(29-23(15)31)19-16(24)3-2-4-17(19)25/h2-6,9-12H,7-8H2,1H3,(H2,26,32). The molecule has 0 aliphatic rings. The van der Waals surface area contributed by atoms with Gasteiger partial charge in [0.15, 0.2) is 0 Å². The second-order valence-corrected chi connectivity index (χ2v) is 9.22. The Bertz CT molecular complexity index is 1510. The monoisotopic (exact) mass is 496 g/mol. The van der Waals surface area contributed by atoms with Crippen molar-refractivity contribution < 1.29 is 4.79 Å². The molecular formula is C23H18Cl2N6OS. The van der Waals surface area contributed by atoms with Gasteiger partial charge < -0.3 is 5.73 Å². The van der Waals surface area contributed by atoms with E-state index >= 15 is 0 Å². The summed E-state index contributed by atoms with van der Waals surface area (Å²) >= 11 is 14.6. The molecule has 1 amide bonds.